The molecule has 1 atom stereocenters. The quantitative estimate of drug-likeness (QED) is 0.429. The molecule has 1 unspecified atom stereocenters. The molecular formula is C17H26N2O2. The van der Waals surface area contributed by atoms with Gasteiger partial charge in [0, 0.05) is 5.56 Å². The fourth-order valence-electron chi connectivity index (χ4n) is 2.53. The van der Waals surface area contributed by atoms with E-state index in [1.165, 1.54) is 32.1 Å². The molecule has 1 aromatic carbocycles. The first-order chi connectivity index (χ1) is 10.3. The Morgan fingerprint density at radius 2 is 1.86 bits per heavy atom. The molecule has 0 aromatic heterocycles. The minimum Gasteiger partial charge on any atom is -0.623 e. The molecule has 1 aliphatic rings. The summed E-state index contributed by atoms with van der Waals surface area (Å²) in [6, 6.07) is 7.80. The third-order valence-corrected chi connectivity index (χ3v) is 3.80. The van der Waals surface area contributed by atoms with Crippen LogP contribution in [0.5, 0.6) is 5.75 Å². The number of benzene rings is 1. The Morgan fingerprint density at radius 3 is 2.52 bits per heavy atom. The number of nitrogens with one attached hydrogen (secondary N) is 1. The summed E-state index contributed by atoms with van der Waals surface area (Å²) in [5.41, 5.74) is 0.977. The van der Waals surface area contributed by atoms with Gasteiger partial charge >= 0.3 is 0 Å². The van der Waals surface area contributed by atoms with Crippen molar-refractivity contribution in [2.24, 2.45) is 0 Å². The van der Waals surface area contributed by atoms with E-state index in [4.69, 9.17) is 4.74 Å². The Bertz CT molecular complexity index is 443. The van der Waals surface area contributed by atoms with E-state index >= 15 is 0 Å². The molecule has 0 amide bonds. The molecule has 1 heterocycles. The minimum atomic E-state index is -0.252. The molecule has 2 rings (SSSR count). The summed E-state index contributed by atoms with van der Waals surface area (Å²) < 4.78 is 6.70. The highest BCUT2D eigenvalue weighted by Gasteiger charge is 2.22. The van der Waals surface area contributed by atoms with Gasteiger partial charge in [0.05, 0.1) is 13.2 Å². The lowest BCUT2D eigenvalue weighted by Crippen LogP contribution is -2.20. The van der Waals surface area contributed by atoms with E-state index in [9.17, 15) is 5.21 Å². The van der Waals surface area contributed by atoms with Gasteiger partial charge in [-0.1, -0.05) is 39.0 Å². The molecule has 116 valence electrons. The summed E-state index contributed by atoms with van der Waals surface area (Å²) >= 11 is 0. The van der Waals surface area contributed by atoms with Crippen molar-refractivity contribution in [1.29, 1.82) is 0 Å². The second-order valence-electron chi connectivity index (χ2n) is 5.54. The summed E-state index contributed by atoms with van der Waals surface area (Å²) in [7, 11) is 0. The monoisotopic (exact) mass is 290 g/mol. The van der Waals surface area contributed by atoms with Crippen LogP contribution in [0.4, 0.5) is 0 Å². The molecule has 1 N–H and O–H groups in total. The van der Waals surface area contributed by atoms with Crippen molar-refractivity contribution in [2.75, 3.05) is 13.2 Å². The molecule has 0 spiro atoms. The third kappa shape index (κ3) is 5.05. The number of hydroxylamine groups is 1. The van der Waals surface area contributed by atoms with Crippen molar-refractivity contribution in [3.63, 3.8) is 0 Å². The number of rotatable bonds is 9. The van der Waals surface area contributed by atoms with Crippen molar-refractivity contribution in [3.8, 4) is 5.75 Å². The third-order valence-electron chi connectivity index (χ3n) is 3.80. The lowest BCUT2D eigenvalue weighted by molar-refractivity contribution is -0.500. The molecule has 0 saturated carbocycles. The highest BCUT2D eigenvalue weighted by molar-refractivity contribution is 5.56. The molecule has 1 aliphatic heterocycles. The van der Waals surface area contributed by atoms with Gasteiger partial charge in [-0.15, -0.1) is 0 Å². The molecule has 0 fully saturated rings. The summed E-state index contributed by atoms with van der Waals surface area (Å²) in [6.07, 6.45) is 8.99. The van der Waals surface area contributed by atoms with Crippen LogP contribution >= 0.6 is 0 Å². The van der Waals surface area contributed by atoms with Gasteiger partial charge in [0.15, 0.2) is 6.21 Å². The summed E-state index contributed by atoms with van der Waals surface area (Å²) in [5.74, 6) is 0.881. The van der Waals surface area contributed by atoms with E-state index in [0.717, 1.165) is 29.1 Å². The second-order valence-corrected chi connectivity index (χ2v) is 5.54. The largest absolute Gasteiger partial charge is 0.623 e. The average molecular weight is 290 g/mol. The van der Waals surface area contributed by atoms with Crippen LogP contribution < -0.4 is 10.1 Å². The van der Waals surface area contributed by atoms with Crippen molar-refractivity contribution < 1.29 is 9.48 Å². The van der Waals surface area contributed by atoms with E-state index in [-0.39, 0.29) is 6.17 Å². The molecular weight excluding hydrogens is 264 g/mol. The predicted octanol–water partition coefficient (Wildman–Crippen LogP) is 3.61. The zero-order valence-electron chi connectivity index (χ0n) is 12.9. The number of hydrogen-bond donors (Lipinski definition) is 1. The summed E-state index contributed by atoms with van der Waals surface area (Å²) in [4.78, 5) is 0. The molecule has 0 bridgehead atoms. The molecule has 4 nitrogen and oxygen atoms in total. The lowest BCUT2D eigenvalue weighted by atomic mass is 10.1. The predicted molar refractivity (Wildman–Crippen MR) is 85.7 cm³/mol. The van der Waals surface area contributed by atoms with E-state index in [2.05, 4.69) is 12.2 Å². The Kier molecular flexibility index (Phi) is 6.54. The Hall–Kier alpha value is -1.55. The maximum Gasteiger partial charge on any atom is 0.243 e. The van der Waals surface area contributed by atoms with Crippen LogP contribution in [0, 0.1) is 5.21 Å². The van der Waals surface area contributed by atoms with Gasteiger partial charge < -0.3 is 9.94 Å². The van der Waals surface area contributed by atoms with Crippen LogP contribution in [0.2, 0.25) is 0 Å². The first kappa shape index (κ1) is 15.8. The van der Waals surface area contributed by atoms with Crippen molar-refractivity contribution in [3.05, 3.63) is 35.0 Å². The van der Waals surface area contributed by atoms with E-state index in [1.54, 1.807) is 6.21 Å². The minimum absolute atomic E-state index is 0.252. The molecule has 0 aliphatic carbocycles. The summed E-state index contributed by atoms with van der Waals surface area (Å²) in [6.45, 7) is 3.64. The zero-order valence-corrected chi connectivity index (χ0v) is 12.9. The number of hydrogen-bond acceptors (Lipinski definition) is 3. The van der Waals surface area contributed by atoms with Crippen molar-refractivity contribution >= 4 is 6.21 Å². The standard InChI is InChI=1S/C17H26N2O2/c1-2-3-4-5-6-7-14-21-16-10-8-15(9-11-16)17-18-12-13-19(17)20/h8-11,13,17-18H,2-7,12,14H2,1H3. The van der Waals surface area contributed by atoms with E-state index in [0.29, 0.717) is 6.54 Å². The highest BCUT2D eigenvalue weighted by Crippen LogP contribution is 2.20. The van der Waals surface area contributed by atoms with Gasteiger partial charge in [0.2, 0.25) is 6.17 Å². The molecule has 1 aromatic rings. The van der Waals surface area contributed by atoms with Gasteiger partial charge in [0.1, 0.15) is 5.75 Å². The van der Waals surface area contributed by atoms with Crippen LogP contribution in [0.3, 0.4) is 0 Å². The molecule has 21 heavy (non-hydrogen) atoms. The van der Waals surface area contributed by atoms with E-state index < -0.39 is 0 Å². The van der Waals surface area contributed by atoms with Crippen LogP contribution in [-0.2, 0) is 0 Å². The molecule has 0 saturated heterocycles. The maximum absolute atomic E-state index is 11.5. The lowest BCUT2D eigenvalue weighted by Gasteiger charge is -2.12. The normalized spacial score (nSPS) is 17.8. The molecule has 0 radical (unpaired) electrons. The Morgan fingerprint density at radius 1 is 1.14 bits per heavy atom. The number of nitrogens with zero attached hydrogens (tertiary/aromatic N) is 1. The first-order valence-corrected chi connectivity index (χ1v) is 8.06. The van der Waals surface area contributed by atoms with Gasteiger partial charge in [0.25, 0.3) is 0 Å². The van der Waals surface area contributed by atoms with Gasteiger partial charge in [-0.05, 0) is 30.7 Å². The zero-order chi connectivity index (χ0) is 14.9. The van der Waals surface area contributed by atoms with Crippen molar-refractivity contribution in [1.82, 2.24) is 5.32 Å². The maximum atomic E-state index is 11.5. The van der Waals surface area contributed by atoms with Crippen LogP contribution in [-0.4, -0.2) is 24.1 Å². The SMILES string of the molecule is CCCCCCCCOc1ccc(C2NCC=[N+]2[O-])cc1. The van der Waals surface area contributed by atoms with Crippen LogP contribution in [0.15, 0.2) is 24.3 Å². The Balaban J connectivity index is 1.67. The van der Waals surface area contributed by atoms with Gasteiger partial charge in [-0.2, -0.15) is 4.74 Å². The fraction of sp³-hybridized carbons (Fsp3) is 0.588. The average Bonchev–Trinajstić information content (AvgIpc) is 2.93. The highest BCUT2D eigenvalue weighted by atomic mass is 16.5. The number of ether oxygens (including phenoxy) is 1. The second kappa shape index (κ2) is 8.67. The molecule has 4 heteroatoms. The fourth-order valence-corrected chi connectivity index (χ4v) is 2.53. The van der Waals surface area contributed by atoms with Crippen molar-refractivity contribution in [2.45, 2.75) is 51.6 Å². The summed E-state index contributed by atoms with van der Waals surface area (Å²) in [5, 5.41) is 14.7. The van der Waals surface area contributed by atoms with Gasteiger partial charge in [-0.3, -0.25) is 0 Å². The number of unbranched alkanes of at least 4 members (excludes halogenated alkanes) is 5. The topological polar surface area (TPSA) is 47.3 Å². The first-order valence-electron chi connectivity index (χ1n) is 8.06. The Labute approximate surface area is 127 Å². The van der Waals surface area contributed by atoms with Gasteiger partial charge in [-0.25, -0.2) is 5.32 Å². The van der Waals surface area contributed by atoms with Crippen LogP contribution in [0.1, 0.15) is 57.2 Å². The van der Waals surface area contributed by atoms with E-state index in [1.807, 2.05) is 24.3 Å². The van der Waals surface area contributed by atoms with Crippen LogP contribution in [0.25, 0.3) is 0 Å². The smallest absolute Gasteiger partial charge is 0.243 e.